The molecule has 0 aliphatic heterocycles. The van der Waals surface area contributed by atoms with Gasteiger partial charge in [0.1, 0.15) is 17.2 Å². The maximum atomic E-state index is 13.1. The Bertz CT molecular complexity index is 1200. The fourth-order valence-corrected chi connectivity index (χ4v) is 3.23. The lowest BCUT2D eigenvalue weighted by atomic mass is 9.87. The van der Waals surface area contributed by atoms with Crippen molar-refractivity contribution in [3.63, 3.8) is 0 Å². The minimum atomic E-state index is -0.445. The Balaban J connectivity index is 1.97. The van der Waals surface area contributed by atoms with Crippen molar-refractivity contribution in [3.05, 3.63) is 64.8 Å². The summed E-state index contributed by atoms with van der Waals surface area (Å²) >= 11 is 0. The molecule has 0 saturated heterocycles. The number of ether oxygens (including phenoxy) is 3. The zero-order valence-electron chi connectivity index (χ0n) is 19.6. The number of carbonyl (C=O) groups is 1. The van der Waals surface area contributed by atoms with Gasteiger partial charge in [-0.05, 0) is 42.2 Å². The number of amides is 1. The van der Waals surface area contributed by atoms with Crippen LogP contribution >= 0.6 is 0 Å². The van der Waals surface area contributed by atoms with E-state index in [9.17, 15) is 4.79 Å². The molecule has 0 unspecified atom stereocenters. The molecule has 0 fully saturated rings. The highest BCUT2D eigenvalue weighted by Crippen LogP contribution is 2.33. The van der Waals surface area contributed by atoms with Crippen LogP contribution in [0, 0.1) is 13.5 Å². The van der Waals surface area contributed by atoms with E-state index < -0.39 is 5.91 Å². The Kier molecular flexibility index (Phi) is 6.87. The lowest BCUT2D eigenvalue weighted by Gasteiger charge is -2.21. The summed E-state index contributed by atoms with van der Waals surface area (Å²) in [5.41, 5.74) is 2.60. The van der Waals surface area contributed by atoms with Crippen molar-refractivity contribution < 1.29 is 19.0 Å². The van der Waals surface area contributed by atoms with Gasteiger partial charge >= 0.3 is 6.73 Å². The molecule has 9 nitrogen and oxygen atoms in total. The topological polar surface area (TPSA) is 91.9 Å². The highest BCUT2D eigenvalue weighted by molar-refractivity contribution is 6.04. The van der Waals surface area contributed by atoms with E-state index in [1.165, 1.54) is 4.68 Å². The molecule has 0 bridgehead atoms. The van der Waals surface area contributed by atoms with Crippen LogP contribution in [0.15, 0.2) is 36.4 Å². The molecule has 2 aromatic carbocycles. The standard InChI is InChI=1S/C24H27N5O4/c1-15-22(27-28-29(15)19-13-17(31-6)9-11-21(19)32-7)23(30)26-18-12-16(24(2,3)4)8-10-20(18)33-14-25-5/h8-13H,14H2,1-4,6-7H3,(H,26,30). The number of methoxy groups -OCH3 is 2. The molecule has 1 N–H and O–H groups in total. The lowest BCUT2D eigenvalue weighted by molar-refractivity contribution is 0.102. The lowest BCUT2D eigenvalue weighted by Crippen LogP contribution is -2.17. The summed E-state index contributed by atoms with van der Waals surface area (Å²) in [6, 6.07) is 10.8. The van der Waals surface area contributed by atoms with E-state index in [4.69, 9.17) is 20.8 Å². The van der Waals surface area contributed by atoms with E-state index in [-0.39, 0.29) is 17.8 Å². The summed E-state index contributed by atoms with van der Waals surface area (Å²) in [6.45, 7) is 14.8. The van der Waals surface area contributed by atoms with Crippen LogP contribution in [-0.4, -0.2) is 41.9 Å². The highest BCUT2D eigenvalue weighted by Gasteiger charge is 2.22. The molecule has 0 atom stereocenters. The molecule has 0 aliphatic carbocycles. The first-order valence-electron chi connectivity index (χ1n) is 10.3. The molecule has 3 rings (SSSR count). The number of anilines is 1. The summed E-state index contributed by atoms with van der Waals surface area (Å²) in [5.74, 6) is 1.14. The fourth-order valence-electron chi connectivity index (χ4n) is 3.23. The minimum absolute atomic E-state index is 0.139. The first kappa shape index (κ1) is 23.6. The van der Waals surface area contributed by atoms with Gasteiger partial charge in [0.25, 0.3) is 5.91 Å². The van der Waals surface area contributed by atoms with E-state index in [1.807, 2.05) is 12.1 Å². The van der Waals surface area contributed by atoms with Crippen LogP contribution in [0.1, 0.15) is 42.5 Å². The summed E-state index contributed by atoms with van der Waals surface area (Å²) in [5, 5.41) is 11.1. The van der Waals surface area contributed by atoms with Gasteiger partial charge in [0.2, 0.25) is 0 Å². The third-order valence-corrected chi connectivity index (χ3v) is 5.10. The smallest absolute Gasteiger partial charge is 0.357 e. The third kappa shape index (κ3) is 5.06. The number of nitrogens with zero attached hydrogens (tertiary/aromatic N) is 4. The van der Waals surface area contributed by atoms with Crippen molar-refractivity contribution in [1.29, 1.82) is 0 Å². The summed E-state index contributed by atoms with van der Waals surface area (Å²) in [7, 11) is 3.12. The van der Waals surface area contributed by atoms with Gasteiger partial charge in [-0.1, -0.05) is 32.1 Å². The van der Waals surface area contributed by atoms with Crippen molar-refractivity contribution in [2.24, 2.45) is 0 Å². The number of nitrogens with one attached hydrogen (secondary N) is 1. The van der Waals surface area contributed by atoms with Crippen LogP contribution in [0.4, 0.5) is 5.69 Å². The van der Waals surface area contributed by atoms with E-state index in [2.05, 4.69) is 41.2 Å². The second-order valence-corrected chi connectivity index (χ2v) is 8.32. The van der Waals surface area contributed by atoms with Gasteiger partial charge in [0.15, 0.2) is 11.4 Å². The second kappa shape index (κ2) is 9.61. The Hall–Kier alpha value is -4.06. The Labute approximate surface area is 193 Å². The van der Waals surface area contributed by atoms with Crippen LogP contribution in [0.3, 0.4) is 0 Å². The SMILES string of the molecule is [C-]#[N+]COc1ccc(C(C)(C)C)cc1NC(=O)c1nnn(-c2cc(OC)ccc2OC)c1C. The minimum Gasteiger partial charge on any atom is -0.497 e. The predicted octanol–water partition coefficient (Wildman–Crippen LogP) is 4.40. The zero-order chi connectivity index (χ0) is 24.2. The van der Waals surface area contributed by atoms with Gasteiger partial charge in [-0.2, -0.15) is 0 Å². The van der Waals surface area contributed by atoms with Gasteiger partial charge in [-0.25, -0.2) is 11.3 Å². The normalized spacial score (nSPS) is 10.9. The molecule has 0 spiro atoms. The largest absolute Gasteiger partial charge is 0.497 e. The van der Waals surface area contributed by atoms with Crippen LogP contribution in [-0.2, 0) is 5.41 Å². The number of hydrogen-bond donors (Lipinski definition) is 1. The van der Waals surface area contributed by atoms with E-state index in [0.717, 1.165) is 5.56 Å². The molecule has 0 radical (unpaired) electrons. The van der Waals surface area contributed by atoms with Crippen LogP contribution < -0.4 is 19.5 Å². The first-order valence-corrected chi connectivity index (χ1v) is 10.3. The maximum absolute atomic E-state index is 13.1. The Morgan fingerprint density at radius 1 is 1.12 bits per heavy atom. The molecule has 1 heterocycles. The molecule has 9 heteroatoms. The van der Waals surface area contributed by atoms with Gasteiger partial charge in [-0.15, -0.1) is 5.10 Å². The van der Waals surface area contributed by atoms with Crippen LogP contribution in [0.25, 0.3) is 10.5 Å². The van der Waals surface area contributed by atoms with Gasteiger partial charge in [0.05, 0.1) is 25.6 Å². The summed E-state index contributed by atoms with van der Waals surface area (Å²) in [4.78, 5) is 16.4. The Morgan fingerprint density at radius 2 is 1.85 bits per heavy atom. The van der Waals surface area contributed by atoms with Crippen LogP contribution in [0.2, 0.25) is 0 Å². The molecule has 33 heavy (non-hydrogen) atoms. The number of benzene rings is 2. The molecular weight excluding hydrogens is 422 g/mol. The monoisotopic (exact) mass is 449 g/mol. The van der Waals surface area contributed by atoms with Crippen molar-refractivity contribution in [3.8, 4) is 22.9 Å². The molecule has 0 saturated carbocycles. The quantitative estimate of drug-likeness (QED) is 0.538. The average molecular weight is 450 g/mol. The predicted molar refractivity (Wildman–Crippen MR) is 124 cm³/mol. The van der Waals surface area contributed by atoms with Crippen molar-refractivity contribution >= 4 is 11.6 Å². The highest BCUT2D eigenvalue weighted by atomic mass is 16.5. The van der Waals surface area contributed by atoms with Crippen LogP contribution in [0.5, 0.6) is 17.2 Å². The molecule has 172 valence electrons. The van der Waals surface area contributed by atoms with Gasteiger partial charge in [0, 0.05) is 6.07 Å². The number of rotatable bonds is 7. The third-order valence-electron chi connectivity index (χ3n) is 5.10. The fraction of sp³-hybridized carbons (Fsp3) is 0.333. The molecule has 1 aromatic heterocycles. The number of hydrogen-bond acceptors (Lipinski definition) is 6. The molecular formula is C24H27N5O4. The van der Waals surface area contributed by atoms with E-state index in [1.54, 1.807) is 45.4 Å². The average Bonchev–Trinajstić information content (AvgIpc) is 3.18. The van der Waals surface area contributed by atoms with E-state index in [0.29, 0.717) is 34.3 Å². The molecule has 3 aromatic rings. The maximum Gasteiger partial charge on any atom is 0.357 e. The van der Waals surface area contributed by atoms with Gasteiger partial charge in [-0.3, -0.25) is 9.64 Å². The molecule has 1 amide bonds. The van der Waals surface area contributed by atoms with E-state index >= 15 is 0 Å². The van der Waals surface area contributed by atoms with Crippen molar-refractivity contribution in [2.75, 3.05) is 26.3 Å². The number of aromatic nitrogens is 3. The van der Waals surface area contributed by atoms with Crippen molar-refractivity contribution in [1.82, 2.24) is 15.0 Å². The zero-order valence-corrected chi connectivity index (χ0v) is 19.6. The van der Waals surface area contributed by atoms with Gasteiger partial charge < -0.3 is 19.5 Å². The summed E-state index contributed by atoms with van der Waals surface area (Å²) in [6.07, 6.45) is 0. The number of carbonyl (C=O) groups excluding carboxylic acids is 1. The van der Waals surface area contributed by atoms with Crippen molar-refractivity contribution in [2.45, 2.75) is 33.1 Å². The molecule has 0 aliphatic rings. The first-order chi connectivity index (χ1) is 15.7. The Morgan fingerprint density at radius 3 is 2.48 bits per heavy atom. The summed E-state index contributed by atoms with van der Waals surface area (Å²) < 4.78 is 17.8. The second-order valence-electron chi connectivity index (χ2n) is 8.32.